The molecule has 0 saturated carbocycles. The van der Waals surface area contributed by atoms with Crippen LogP contribution >= 0.6 is 0 Å². The third kappa shape index (κ3) is 2.92. The van der Waals surface area contributed by atoms with Crippen LogP contribution in [-0.4, -0.2) is 24.5 Å². The molecule has 0 saturated heterocycles. The van der Waals surface area contributed by atoms with E-state index in [0.717, 1.165) is 12.8 Å². The van der Waals surface area contributed by atoms with Crippen LogP contribution in [0.2, 0.25) is 0 Å². The van der Waals surface area contributed by atoms with Crippen LogP contribution in [-0.2, 0) is 0 Å². The fourth-order valence-electron chi connectivity index (χ4n) is 1.94. The first-order valence-electron chi connectivity index (χ1n) is 6.45. The highest BCUT2D eigenvalue weighted by atomic mass is 16.7. The summed E-state index contributed by atoms with van der Waals surface area (Å²) < 4.78 is 16.1. The molecule has 0 aromatic heterocycles. The van der Waals surface area contributed by atoms with Crippen LogP contribution in [0.5, 0.6) is 17.2 Å². The number of benzene rings is 1. The SMILES string of the molecule is CCC(CC)COc1cc2c(cc1C(=O)O)OCO2. The summed E-state index contributed by atoms with van der Waals surface area (Å²) in [7, 11) is 0. The number of aromatic carboxylic acids is 1. The lowest BCUT2D eigenvalue weighted by molar-refractivity contribution is 0.0690. The third-order valence-electron chi connectivity index (χ3n) is 3.33. The molecule has 19 heavy (non-hydrogen) atoms. The van der Waals surface area contributed by atoms with Crippen LogP contribution in [0.1, 0.15) is 37.0 Å². The van der Waals surface area contributed by atoms with Crippen molar-refractivity contribution in [1.29, 1.82) is 0 Å². The Morgan fingerprint density at radius 3 is 2.53 bits per heavy atom. The maximum Gasteiger partial charge on any atom is 0.339 e. The van der Waals surface area contributed by atoms with E-state index < -0.39 is 5.97 Å². The smallest absolute Gasteiger partial charge is 0.339 e. The Labute approximate surface area is 112 Å². The largest absolute Gasteiger partial charge is 0.492 e. The number of carbonyl (C=O) groups is 1. The number of hydrogen-bond acceptors (Lipinski definition) is 4. The zero-order valence-electron chi connectivity index (χ0n) is 11.1. The van der Waals surface area contributed by atoms with Crippen molar-refractivity contribution in [3.8, 4) is 17.2 Å². The standard InChI is InChI=1S/C14H18O5/c1-3-9(4-2)7-17-11-6-13-12(18-8-19-13)5-10(11)14(15)16/h5-6,9H,3-4,7-8H2,1-2H3,(H,15,16). The third-order valence-corrected chi connectivity index (χ3v) is 3.33. The van der Waals surface area contributed by atoms with Gasteiger partial charge in [0.25, 0.3) is 0 Å². The molecule has 1 aliphatic heterocycles. The summed E-state index contributed by atoms with van der Waals surface area (Å²) in [6.45, 7) is 4.81. The first kappa shape index (κ1) is 13.5. The lowest BCUT2D eigenvalue weighted by Gasteiger charge is -2.15. The van der Waals surface area contributed by atoms with Gasteiger partial charge in [0.2, 0.25) is 6.79 Å². The van der Waals surface area contributed by atoms with E-state index in [1.807, 2.05) is 0 Å². The summed E-state index contributed by atoms with van der Waals surface area (Å²) in [6.07, 6.45) is 2.01. The minimum atomic E-state index is -1.03. The van der Waals surface area contributed by atoms with Gasteiger partial charge in [-0.1, -0.05) is 26.7 Å². The number of carboxylic acid groups (broad SMARTS) is 1. The molecule has 0 bridgehead atoms. The Hall–Kier alpha value is -1.91. The van der Waals surface area contributed by atoms with Gasteiger partial charge in [0.05, 0.1) is 6.61 Å². The Bertz CT molecular complexity index is 465. The predicted octanol–water partition coefficient (Wildman–Crippen LogP) is 2.93. The van der Waals surface area contributed by atoms with Crippen molar-refractivity contribution < 1.29 is 24.1 Å². The molecular weight excluding hydrogens is 248 g/mol. The van der Waals surface area contributed by atoms with Crippen LogP contribution in [0.4, 0.5) is 0 Å². The van der Waals surface area contributed by atoms with Crippen molar-refractivity contribution in [2.24, 2.45) is 5.92 Å². The van der Waals surface area contributed by atoms with Gasteiger partial charge in [-0.3, -0.25) is 0 Å². The van der Waals surface area contributed by atoms with Gasteiger partial charge in [0.1, 0.15) is 11.3 Å². The van der Waals surface area contributed by atoms with Gasteiger partial charge in [-0.15, -0.1) is 0 Å². The molecule has 1 aromatic carbocycles. The normalized spacial score (nSPS) is 12.8. The minimum Gasteiger partial charge on any atom is -0.492 e. The van der Waals surface area contributed by atoms with Gasteiger partial charge in [0.15, 0.2) is 11.5 Å². The maximum absolute atomic E-state index is 11.2. The second kappa shape index (κ2) is 5.82. The Morgan fingerprint density at radius 2 is 1.95 bits per heavy atom. The minimum absolute atomic E-state index is 0.107. The molecule has 5 nitrogen and oxygen atoms in total. The topological polar surface area (TPSA) is 65.0 Å². The van der Waals surface area contributed by atoms with Crippen molar-refractivity contribution in [2.45, 2.75) is 26.7 Å². The molecule has 0 fully saturated rings. The molecule has 1 heterocycles. The predicted molar refractivity (Wildman–Crippen MR) is 69.1 cm³/mol. The Kier molecular flexibility index (Phi) is 4.14. The van der Waals surface area contributed by atoms with E-state index in [9.17, 15) is 9.90 Å². The Balaban J connectivity index is 2.20. The van der Waals surface area contributed by atoms with E-state index in [-0.39, 0.29) is 12.4 Å². The molecular formula is C14H18O5. The molecule has 0 spiro atoms. The number of hydrogen-bond donors (Lipinski definition) is 1. The van der Waals surface area contributed by atoms with Crippen LogP contribution in [0.3, 0.4) is 0 Å². The number of carboxylic acids is 1. The van der Waals surface area contributed by atoms with Crippen LogP contribution in [0, 0.1) is 5.92 Å². The average Bonchev–Trinajstić information content (AvgIpc) is 2.85. The van der Waals surface area contributed by atoms with Gasteiger partial charge in [0, 0.05) is 12.1 Å². The molecule has 0 atom stereocenters. The second-order valence-electron chi connectivity index (χ2n) is 4.50. The monoisotopic (exact) mass is 266 g/mol. The average molecular weight is 266 g/mol. The quantitative estimate of drug-likeness (QED) is 0.857. The van der Waals surface area contributed by atoms with Crippen molar-refractivity contribution >= 4 is 5.97 Å². The van der Waals surface area contributed by atoms with Crippen molar-refractivity contribution in [1.82, 2.24) is 0 Å². The fraction of sp³-hybridized carbons (Fsp3) is 0.500. The first-order valence-corrected chi connectivity index (χ1v) is 6.45. The maximum atomic E-state index is 11.2. The van der Waals surface area contributed by atoms with Gasteiger partial charge in [-0.25, -0.2) is 4.79 Å². The summed E-state index contributed by atoms with van der Waals surface area (Å²) in [6, 6.07) is 3.04. The molecule has 2 rings (SSSR count). The van der Waals surface area contributed by atoms with E-state index in [0.29, 0.717) is 29.8 Å². The highest BCUT2D eigenvalue weighted by Crippen LogP contribution is 2.38. The zero-order chi connectivity index (χ0) is 13.8. The summed E-state index contributed by atoms with van der Waals surface area (Å²) >= 11 is 0. The molecule has 0 amide bonds. The zero-order valence-corrected chi connectivity index (χ0v) is 11.1. The summed E-state index contributed by atoms with van der Waals surface area (Å²) in [5, 5.41) is 9.20. The van der Waals surface area contributed by atoms with Crippen LogP contribution < -0.4 is 14.2 Å². The van der Waals surface area contributed by atoms with E-state index in [1.165, 1.54) is 6.07 Å². The summed E-state index contributed by atoms with van der Waals surface area (Å²) in [5.74, 6) is 0.713. The van der Waals surface area contributed by atoms with E-state index in [1.54, 1.807) is 6.07 Å². The molecule has 0 unspecified atom stereocenters. The van der Waals surface area contributed by atoms with Gasteiger partial charge >= 0.3 is 5.97 Å². The van der Waals surface area contributed by atoms with Gasteiger partial charge in [-0.05, 0) is 5.92 Å². The number of fused-ring (bicyclic) bond motifs is 1. The van der Waals surface area contributed by atoms with Crippen molar-refractivity contribution in [2.75, 3.05) is 13.4 Å². The molecule has 1 aromatic rings. The molecule has 0 aliphatic carbocycles. The molecule has 1 N–H and O–H groups in total. The molecule has 0 radical (unpaired) electrons. The number of rotatable bonds is 6. The lowest BCUT2D eigenvalue weighted by atomic mass is 10.1. The summed E-state index contributed by atoms with van der Waals surface area (Å²) in [4.78, 5) is 11.2. The fourth-order valence-corrected chi connectivity index (χ4v) is 1.94. The van der Waals surface area contributed by atoms with Gasteiger partial charge < -0.3 is 19.3 Å². The van der Waals surface area contributed by atoms with E-state index in [2.05, 4.69) is 13.8 Å². The lowest BCUT2D eigenvalue weighted by Crippen LogP contribution is -2.12. The molecule has 104 valence electrons. The van der Waals surface area contributed by atoms with Crippen molar-refractivity contribution in [3.05, 3.63) is 17.7 Å². The molecule has 5 heteroatoms. The van der Waals surface area contributed by atoms with Crippen LogP contribution in [0.25, 0.3) is 0 Å². The highest BCUT2D eigenvalue weighted by molar-refractivity contribution is 5.92. The second-order valence-corrected chi connectivity index (χ2v) is 4.50. The summed E-state index contributed by atoms with van der Waals surface area (Å²) in [5.41, 5.74) is 0.107. The van der Waals surface area contributed by atoms with Crippen molar-refractivity contribution in [3.63, 3.8) is 0 Å². The van der Waals surface area contributed by atoms with Crippen LogP contribution in [0.15, 0.2) is 12.1 Å². The highest BCUT2D eigenvalue weighted by Gasteiger charge is 2.22. The number of ether oxygens (including phenoxy) is 3. The van der Waals surface area contributed by atoms with E-state index >= 15 is 0 Å². The van der Waals surface area contributed by atoms with Gasteiger partial charge in [-0.2, -0.15) is 0 Å². The van der Waals surface area contributed by atoms with E-state index in [4.69, 9.17) is 14.2 Å². The molecule has 1 aliphatic rings. The Morgan fingerprint density at radius 1 is 1.32 bits per heavy atom. The first-order chi connectivity index (χ1) is 9.15.